The van der Waals surface area contributed by atoms with E-state index in [1.165, 1.54) is 11.3 Å². The summed E-state index contributed by atoms with van der Waals surface area (Å²) in [6.45, 7) is 1.77. The van der Waals surface area contributed by atoms with Gasteiger partial charge in [-0.05, 0) is 18.2 Å². The molecule has 7 nitrogen and oxygen atoms in total. The molecule has 2 heterocycles. The van der Waals surface area contributed by atoms with Crippen LogP contribution in [0.5, 0.6) is 0 Å². The van der Waals surface area contributed by atoms with E-state index < -0.39 is 0 Å². The smallest absolute Gasteiger partial charge is 0.325 e. The Labute approximate surface area is 111 Å². The first kappa shape index (κ1) is 11.6. The molecule has 3 rings (SSSR count). The van der Waals surface area contributed by atoms with Gasteiger partial charge in [0, 0.05) is 12.6 Å². The maximum atomic E-state index is 11.7. The third-order valence-corrected chi connectivity index (χ3v) is 2.94. The number of carbonyl (C=O) groups excluding carboxylic acids is 1. The van der Waals surface area contributed by atoms with Crippen molar-refractivity contribution in [3.05, 3.63) is 29.6 Å². The monoisotopic (exact) mass is 275 g/mol. The van der Waals surface area contributed by atoms with E-state index in [0.717, 1.165) is 0 Å². The molecule has 0 atom stereocenters. The van der Waals surface area contributed by atoms with Crippen LogP contribution in [0.2, 0.25) is 0 Å². The summed E-state index contributed by atoms with van der Waals surface area (Å²) in [4.78, 5) is 15.9. The number of oxazole rings is 1. The normalized spacial score (nSPS) is 10.6. The molecular formula is C11H9N5O2S. The number of rotatable bonds is 2. The maximum Gasteiger partial charge on any atom is 0.325 e. The summed E-state index contributed by atoms with van der Waals surface area (Å²) in [5.74, 6) is 0.588. The molecule has 0 spiro atoms. The molecule has 0 saturated heterocycles. The number of aryl methyl sites for hydroxylation is 1. The van der Waals surface area contributed by atoms with Crippen LogP contribution >= 0.6 is 11.3 Å². The number of anilines is 2. The Morgan fingerprint density at radius 2 is 2.26 bits per heavy atom. The molecule has 8 heteroatoms. The summed E-state index contributed by atoms with van der Waals surface area (Å²) in [5.41, 5.74) is 3.56. The fourth-order valence-corrected chi connectivity index (χ4v) is 2.05. The fraction of sp³-hybridized carbons (Fsp3) is 0.0909. The summed E-state index contributed by atoms with van der Waals surface area (Å²) in [5, 5.41) is 13.1. The molecular weight excluding hydrogens is 266 g/mol. The molecule has 1 aromatic carbocycles. The number of amides is 2. The largest absolute Gasteiger partial charge is 0.441 e. The van der Waals surface area contributed by atoms with E-state index in [-0.39, 0.29) is 6.03 Å². The molecule has 2 N–H and O–H groups in total. The molecule has 2 aromatic heterocycles. The second-order valence-corrected chi connectivity index (χ2v) is 4.57. The summed E-state index contributed by atoms with van der Waals surface area (Å²) < 4.78 is 5.36. The highest BCUT2D eigenvalue weighted by molar-refractivity contribution is 7.13. The lowest BCUT2D eigenvalue weighted by Crippen LogP contribution is -2.19. The summed E-state index contributed by atoms with van der Waals surface area (Å²) in [6.07, 6.45) is 0. The van der Waals surface area contributed by atoms with Crippen LogP contribution in [0.25, 0.3) is 11.1 Å². The molecule has 0 saturated carbocycles. The second-order valence-electron chi connectivity index (χ2n) is 3.74. The van der Waals surface area contributed by atoms with Gasteiger partial charge in [0.1, 0.15) is 11.0 Å². The Morgan fingerprint density at radius 1 is 1.37 bits per heavy atom. The third-order valence-electron chi connectivity index (χ3n) is 2.33. The minimum absolute atomic E-state index is 0.378. The Kier molecular flexibility index (Phi) is 2.84. The fourth-order valence-electron chi connectivity index (χ4n) is 1.61. The highest BCUT2D eigenvalue weighted by Gasteiger charge is 2.07. The van der Waals surface area contributed by atoms with Crippen LogP contribution in [0.1, 0.15) is 5.89 Å². The Balaban J connectivity index is 1.75. The number of nitrogens with one attached hydrogen (secondary N) is 2. The Hall–Kier alpha value is -2.48. The van der Waals surface area contributed by atoms with Crippen LogP contribution in [-0.2, 0) is 0 Å². The average molecular weight is 275 g/mol. The van der Waals surface area contributed by atoms with Gasteiger partial charge >= 0.3 is 6.03 Å². The summed E-state index contributed by atoms with van der Waals surface area (Å²) in [6, 6.07) is 4.87. The minimum atomic E-state index is -0.378. The number of carbonyl (C=O) groups is 1. The first-order chi connectivity index (χ1) is 9.20. The predicted octanol–water partition coefficient (Wildman–Crippen LogP) is 2.63. The lowest BCUT2D eigenvalue weighted by molar-refractivity contribution is 0.262. The zero-order valence-corrected chi connectivity index (χ0v) is 10.7. The van der Waals surface area contributed by atoms with Crippen molar-refractivity contribution in [2.24, 2.45) is 0 Å². The number of fused-ring (bicyclic) bond motifs is 1. The summed E-state index contributed by atoms with van der Waals surface area (Å²) >= 11 is 1.25. The number of nitrogens with zero attached hydrogens (tertiary/aromatic N) is 3. The average Bonchev–Trinajstić information content (AvgIpc) is 2.96. The lowest BCUT2D eigenvalue weighted by atomic mass is 10.3. The highest BCUT2D eigenvalue weighted by Crippen LogP contribution is 2.20. The van der Waals surface area contributed by atoms with E-state index in [1.807, 2.05) is 0 Å². The quantitative estimate of drug-likeness (QED) is 0.750. The van der Waals surface area contributed by atoms with E-state index >= 15 is 0 Å². The van der Waals surface area contributed by atoms with Crippen LogP contribution in [0.3, 0.4) is 0 Å². The van der Waals surface area contributed by atoms with Gasteiger partial charge < -0.3 is 9.73 Å². The van der Waals surface area contributed by atoms with Crippen molar-refractivity contribution in [2.75, 3.05) is 10.6 Å². The minimum Gasteiger partial charge on any atom is -0.441 e. The van der Waals surface area contributed by atoms with Gasteiger partial charge in [0.2, 0.25) is 5.13 Å². The van der Waals surface area contributed by atoms with Gasteiger partial charge in [0.25, 0.3) is 0 Å². The van der Waals surface area contributed by atoms with E-state index in [1.54, 1.807) is 30.6 Å². The van der Waals surface area contributed by atoms with Gasteiger partial charge in [-0.25, -0.2) is 9.78 Å². The van der Waals surface area contributed by atoms with Gasteiger partial charge in [-0.3, -0.25) is 5.32 Å². The van der Waals surface area contributed by atoms with E-state index in [4.69, 9.17) is 4.42 Å². The third kappa shape index (κ3) is 2.52. The first-order valence-electron chi connectivity index (χ1n) is 5.42. The second kappa shape index (κ2) is 4.65. The summed E-state index contributed by atoms with van der Waals surface area (Å²) in [7, 11) is 0. The highest BCUT2D eigenvalue weighted by atomic mass is 32.1. The van der Waals surface area contributed by atoms with E-state index in [2.05, 4.69) is 25.8 Å². The number of benzene rings is 1. The lowest BCUT2D eigenvalue weighted by Gasteiger charge is -2.04. The molecule has 0 radical (unpaired) electrons. The predicted molar refractivity (Wildman–Crippen MR) is 71.3 cm³/mol. The molecule has 0 aliphatic rings. The number of aromatic nitrogens is 3. The number of hydrogen-bond acceptors (Lipinski definition) is 6. The van der Waals surface area contributed by atoms with Gasteiger partial charge in [0.05, 0.1) is 0 Å². The number of urea groups is 1. The molecule has 0 bridgehead atoms. The standard InChI is InChI=1S/C11H9N5O2S/c1-6-13-8-4-7(2-3-9(8)18-6)14-10(17)15-11-16-12-5-19-11/h2-5H,1H3,(H2,14,15,16,17). The maximum absolute atomic E-state index is 11.7. The van der Waals surface area contributed by atoms with Crippen molar-refractivity contribution >= 4 is 39.3 Å². The molecule has 96 valence electrons. The van der Waals surface area contributed by atoms with Gasteiger partial charge in [-0.15, -0.1) is 10.2 Å². The van der Waals surface area contributed by atoms with Crippen molar-refractivity contribution in [2.45, 2.75) is 6.92 Å². The van der Waals surface area contributed by atoms with Crippen LogP contribution in [0.15, 0.2) is 28.1 Å². The molecule has 0 fully saturated rings. The van der Waals surface area contributed by atoms with Crippen molar-refractivity contribution in [1.29, 1.82) is 0 Å². The van der Waals surface area contributed by atoms with E-state index in [9.17, 15) is 4.79 Å². The molecule has 0 unspecified atom stereocenters. The van der Waals surface area contributed by atoms with Crippen molar-refractivity contribution in [3.63, 3.8) is 0 Å². The molecule has 19 heavy (non-hydrogen) atoms. The molecule has 2 amide bonds. The topological polar surface area (TPSA) is 92.9 Å². The van der Waals surface area contributed by atoms with Crippen LogP contribution in [-0.4, -0.2) is 21.2 Å². The zero-order chi connectivity index (χ0) is 13.2. The zero-order valence-electron chi connectivity index (χ0n) is 9.88. The number of hydrogen-bond donors (Lipinski definition) is 2. The Morgan fingerprint density at radius 3 is 3.05 bits per heavy atom. The van der Waals surface area contributed by atoms with Crippen molar-refractivity contribution < 1.29 is 9.21 Å². The van der Waals surface area contributed by atoms with Gasteiger partial charge in [0.15, 0.2) is 11.5 Å². The van der Waals surface area contributed by atoms with Crippen LogP contribution in [0.4, 0.5) is 15.6 Å². The van der Waals surface area contributed by atoms with Crippen molar-refractivity contribution in [1.82, 2.24) is 15.2 Å². The van der Waals surface area contributed by atoms with E-state index in [0.29, 0.717) is 27.8 Å². The molecule has 0 aliphatic heterocycles. The van der Waals surface area contributed by atoms with Crippen molar-refractivity contribution in [3.8, 4) is 0 Å². The Bertz CT molecular complexity index is 722. The SMILES string of the molecule is Cc1nc2cc(NC(=O)Nc3nncs3)ccc2o1. The molecule has 0 aliphatic carbocycles. The van der Waals surface area contributed by atoms with Gasteiger partial charge in [-0.2, -0.15) is 0 Å². The van der Waals surface area contributed by atoms with Crippen LogP contribution in [0, 0.1) is 6.92 Å². The van der Waals surface area contributed by atoms with Crippen LogP contribution < -0.4 is 10.6 Å². The molecule has 3 aromatic rings. The van der Waals surface area contributed by atoms with Gasteiger partial charge in [-0.1, -0.05) is 11.3 Å². The first-order valence-corrected chi connectivity index (χ1v) is 6.30.